The first kappa shape index (κ1) is 16.6. The molecule has 0 unspecified atom stereocenters. The molecular weight excluding hydrogens is 412 g/mol. The highest BCUT2D eigenvalue weighted by Gasteiger charge is 2.13. The van der Waals surface area contributed by atoms with E-state index < -0.39 is 17.0 Å². The molecule has 0 saturated carbocycles. The van der Waals surface area contributed by atoms with E-state index in [9.17, 15) is 14.7 Å². The minimum Gasteiger partial charge on any atom is -0.504 e. The number of allylic oxidation sites excluding steroid dienone is 1. The lowest BCUT2D eigenvalue weighted by molar-refractivity contribution is 0.104. The Labute approximate surface area is 144 Å². The van der Waals surface area contributed by atoms with Crippen molar-refractivity contribution in [3.63, 3.8) is 0 Å². The first-order valence-electron chi connectivity index (χ1n) is 6.40. The van der Waals surface area contributed by atoms with Gasteiger partial charge in [-0.25, -0.2) is 0 Å². The number of hydrogen-bond acceptors (Lipinski definition) is 3. The van der Waals surface area contributed by atoms with Gasteiger partial charge in [0.2, 0.25) is 5.43 Å². The molecule has 0 amide bonds. The van der Waals surface area contributed by atoms with E-state index in [1.807, 2.05) is 31.2 Å². The van der Waals surface area contributed by atoms with Crippen molar-refractivity contribution in [1.29, 1.82) is 0 Å². The van der Waals surface area contributed by atoms with E-state index in [1.165, 1.54) is 18.2 Å². The van der Waals surface area contributed by atoms with E-state index in [-0.39, 0.29) is 10.0 Å². The van der Waals surface area contributed by atoms with E-state index in [4.69, 9.17) is 0 Å². The fraction of sp³-hybridized carbons (Fsp3) is 0.0588. The maximum absolute atomic E-state index is 12.3. The van der Waals surface area contributed by atoms with E-state index in [1.54, 1.807) is 6.08 Å². The van der Waals surface area contributed by atoms with Gasteiger partial charge in [-0.05, 0) is 46.6 Å². The molecule has 0 fully saturated rings. The number of rotatable bonds is 3. The SMILES string of the molecule is Cc1cccc(/C=C/C(=O)c2cc(Br)cc(Br)c(=O)c2O)c1. The average Bonchev–Trinajstić information content (AvgIpc) is 2.57. The molecular formula is C17H12Br2O3. The summed E-state index contributed by atoms with van der Waals surface area (Å²) in [6.07, 6.45) is 2.98. The van der Waals surface area contributed by atoms with Crippen molar-refractivity contribution in [3.8, 4) is 5.75 Å². The molecule has 0 bridgehead atoms. The van der Waals surface area contributed by atoms with Gasteiger partial charge in [-0.1, -0.05) is 51.8 Å². The van der Waals surface area contributed by atoms with Gasteiger partial charge in [0.25, 0.3) is 0 Å². The number of benzene rings is 1. The van der Waals surface area contributed by atoms with Crippen LogP contribution in [-0.2, 0) is 0 Å². The fourth-order valence-electron chi connectivity index (χ4n) is 1.89. The van der Waals surface area contributed by atoms with Crippen molar-refractivity contribution < 1.29 is 9.90 Å². The molecule has 0 aliphatic carbocycles. The molecule has 2 aromatic carbocycles. The Kier molecular flexibility index (Phi) is 5.32. The summed E-state index contributed by atoms with van der Waals surface area (Å²) < 4.78 is 0.697. The van der Waals surface area contributed by atoms with Crippen molar-refractivity contribution in [2.24, 2.45) is 0 Å². The van der Waals surface area contributed by atoms with Crippen LogP contribution < -0.4 is 5.43 Å². The molecule has 2 rings (SSSR count). The predicted octanol–water partition coefficient (Wildman–Crippen LogP) is 4.48. The van der Waals surface area contributed by atoms with Gasteiger partial charge in [0.05, 0.1) is 10.0 Å². The maximum Gasteiger partial charge on any atom is 0.235 e. The Morgan fingerprint density at radius 1 is 1.18 bits per heavy atom. The molecule has 1 N–H and O–H groups in total. The van der Waals surface area contributed by atoms with Crippen LogP contribution in [0.4, 0.5) is 0 Å². The number of aromatic hydroxyl groups is 1. The van der Waals surface area contributed by atoms with Crippen LogP contribution in [0.5, 0.6) is 5.75 Å². The molecule has 3 nitrogen and oxygen atoms in total. The van der Waals surface area contributed by atoms with Gasteiger partial charge in [-0.2, -0.15) is 0 Å². The molecule has 0 spiro atoms. The molecule has 0 saturated heterocycles. The number of aryl methyl sites for hydroxylation is 1. The van der Waals surface area contributed by atoms with Crippen LogP contribution in [0.15, 0.2) is 56.2 Å². The summed E-state index contributed by atoms with van der Waals surface area (Å²) in [6.45, 7) is 1.96. The average molecular weight is 424 g/mol. The molecule has 112 valence electrons. The predicted molar refractivity (Wildman–Crippen MR) is 94.3 cm³/mol. The summed E-state index contributed by atoms with van der Waals surface area (Å²) in [7, 11) is 0. The third-order valence-corrected chi connectivity index (χ3v) is 4.02. The zero-order valence-corrected chi connectivity index (χ0v) is 14.8. The summed E-state index contributed by atoms with van der Waals surface area (Å²) >= 11 is 6.29. The van der Waals surface area contributed by atoms with Gasteiger partial charge in [-0.3, -0.25) is 9.59 Å². The Morgan fingerprint density at radius 3 is 2.59 bits per heavy atom. The van der Waals surface area contributed by atoms with Crippen LogP contribution in [0.1, 0.15) is 21.5 Å². The largest absolute Gasteiger partial charge is 0.504 e. The second kappa shape index (κ2) is 7.03. The second-order valence-corrected chi connectivity index (χ2v) is 6.49. The van der Waals surface area contributed by atoms with Crippen molar-refractivity contribution in [2.75, 3.05) is 0 Å². The number of halogens is 2. The van der Waals surface area contributed by atoms with Gasteiger partial charge in [0, 0.05) is 4.47 Å². The zero-order valence-electron chi connectivity index (χ0n) is 11.6. The Hall–Kier alpha value is -1.72. The number of ketones is 1. The summed E-state index contributed by atoms with van der Waals surface area (Å²) in [6, 6.07) is 10.6. The fourth-order valence-corrected chi connectivity index (χ4v) is 3.09. The maximum atomic E-state index is 12.3. The monoisotopic (exact) mass is 422 g/mol. The minimum atomic E-state index is -0.627. The lowest BCUT2D eigenvalue weighted by Crippen LogP contribution is -2.03. The highest BCUT2D eigenvalue weighted by Crippen LogP contribution is 2.21. The zero-order chi connectivity index (χ0) is 16.3. The highest BCUT2D eigenvalue weighted by atomic mass is 79.9. The molecule has 0 radical (unpaired) electrons. The number of carbonyl (C=O) groups is 1. The third kappa shape index (κ3) is 3.93. The summed E-state index contributed by atoms with van der Waals surface area (Å²) in [4.78, 5) is 24.1. The number of carbonyl (C=O) groups excluding carboxylic acids is 1. The van der Waals surface area contributed by atoms with Gasteiger partial charge < -0.3 is 5.11 Å². The van der Waals surface area contributed by atoms with E-state index >= 15 is 0 Å². The first-order chi connectivity index (χ1) is 10.4. The molecule has 0 aliphatic heterocycles. The smallest absolute Gasteiger partial charge is 0.235 e. The molecule has 2 aromatic rings. The lowest BCUT2D eigenvalue weighted by atomic mass is 10.1. The molecule has 0 aliphatic rings. The van der Waals surface area contributed by atoms with E-state index in [0.29, 0.717) is 4.47 Å². The Morgan fingerprint density at radius 2 is 1.91 bits per heavy atom. The minimum absolute atomic E-state index is 0.0496. The van der Waals surface area contributed by atoms with Crippen molar-refractivity contribution in [3.05, 3.63) is 78.3 Å². The van der Waals surface area contributed by atoms with Crippen molar-refractivity contribution in [1.82, 2.24) is 0 Å². The van der Waals surface area contributed by atoms with Gasteiger partial charge in [0.15, 0.2) is 11.5 Å². The second-order valence-electron chi connectivity index (χ2n) is 4.72. The molecule has 5 heteroatoms. The lowest BCUT2D eigenvalue weighted by Gasteiger charge is -1.97. The number of hydrogen-bond donors (Lipinski definition) is 1. The summed E-state index contributed by atoms with van der Waals surface area (Å²) in [5.41, 5.74) is 1.28. The summed E-state index contributed by atoms with van der Waals surface area (Å²) in [5.74, 6) is -1.02. The van der Waals surface area contributed by atoms with Gasteiger partial charge in [-0.15, -0.1) is 0 Å². The topological polar surface area (TPSA) is 54.4 Å². The first-order valence-corrected chi connectivity index (χ1v) is 7.98. The normalized spacial score (nSPS) is 10.9. The molecule has 0 heterocycles. The standard InChI is InChI=1S/C17H12Br2O3/c1-10-3-2-4-11(7-10)5-6-15(20)13-8-12(18)9-14(19)17(22)16(13)21/h2-9H,1H3,(H,21,22)/b6-5+. The molecule has 0 atom stereocenters. The molecule has 0 aromatic heterocycles. The van der Waals surface area contributed by atoms with E-state index in [2.05, 4.69) is 31.9 Å². The van der Waals surface area contributed by atoms with Crippen LogP contribution in [-0.4, -0.2) is 10.9 Å². The Bertz CT molecular complexity index is 826. The van der Waals surface area contributed by atoms with Crippen molar-refractivity contribution >= 4 is 43.7 Å². The van der Waals surface area contributed by atoms with E-state index in [0.717, 1.165) is 11.1 Å². The van der Waals surface area contributed by atoms with Crippen LogP contribution in [0.2, 0.25) is 0 Å². The third-order valence-electron chi connectivity index (χ3n) is 2.97. The van der Waals surface area contributed by atoms with Crippen LogP contribution in [0.3, 0.4) is 0 Å². The van der Waals surface area contributed by atoms with Crippen LogP contribution >= 0.6 is 31.9 Å². The highest BCUT2D eigenvalue weighted by molar-refractivity contribution is 9.11. The van der Waals surface area contributed by atoms with Crippen LogP contribution in [0, 0.1) is 6.92 Å². The van der Waals surface area contributed by atoms with Crippen LogP contribution in [0.25, 0.3) is 6.08 Å². The molecule has 22 heavy (non-hydrogen) atoms. The van der Waals surface area contributed by atoms with Gasteiger partial charge in [0.1, 0.15) is 0 Å². The van der Waals surface area contributed by atoms with Crippen molar-refractivity contribution in [2.45, 2.75) is 6.92 Å². The van der Waals surface area contributed by atoms with Gasteiger partial charge >= 0.3 is 0 Å². The summed E-state index contributed by atoms with van der Waals surface area (Å²) in [5, 5.41) is 9.96. The quantitative estimate of drug-likeness (QED) is 0.584. The Balaban J connectivity index is 2.43.